The molecule has 1 saturated carbocycles. The van der Waals surface area contributed by atoms with Gasteiger partial charge in [-0.15, -0.1) is 0 Å². The van der Waals surface area contributed by atoms with Crippen molar-refractivity contribution in [1.29, 1.82) is 0 Å². The number of benzene rings is 5. The Morgan fingerprint density at radius 3 is 1.71 bits per heavy atom. The van der Waals surface area contributed by atoms with Crippen LogP contribution in [0.15, 0.2) is 101 Å². The van der Waals surface area contributed by atoms with Gasteiger partial charge in [-0.3, -0.25) is 40.0 Å². The number of ether oxygens (including phenoxy) is 4. The molecule has 0 bridgehead atoms. The molecule has 3 N–H and O–H groups in total. The molecule has 0 spiro atoms. The topological polar surface area (TPSA) is 161 Å². The number of hydrogen-bond donors (Lipinski definition) is 2. The van der Waals surface area contributed by atoms with Crippen molar-refractivity contribution in [3.8, 4) is 23.0 Å². The predicted molar refractivity (Wildman–Crippen MR) is 250 cm³/mol. The van der Waals surface area contributed by atoms with E-state index in [4.69, 9.17) is 34.8 Å². The number of fused-ring (bicyclic) bond motifs is 8. The first-order chi connectivity index (χ1) is 31.7. The number of Topliss-reactive ketones (excluding diaryl/α,β-unsaturated/α-hetero) is 1. The normalized spacial score (nSPS) is 18.3. The summed E-state index contributed by atoms with van der Waals surface area (Å²) in [6, 6.07) is 28.6. The van der Waals surface area contributed by atoms with Crippen LogP contribution in [0.2, 0.25) is 0 Å². The number of para-hydroxylation sites is 2. The summed E-state index contributed by atoms with van der Waals surface area (Å²) in [5.74, 6) is 7.38. The van der Waals surface area contributed by atoms with E-state index in [1.807, 2.05) is 83.9 Å². The van der Waals surface area contributed by atoms with Crippen molar-refractivity contribution in [2.75, 3.05) is 42.5 Å². The lowest BCUT2D eigenvalue weighted by molar-refractivity contribution is -0.129. The summed E-state index contributed by atoms with van der Waals surface area (Å²) >= 11 is 0. The summed E-state index contributed by atoms with van der Waals surface area (Å²) in [6.45, 7) is 0.941. The average molecular weight is 874 g/mol. The molecule has 10 rings (SSSR count). The minimum absolute atomic E-state index is 0.142. The number of hydrazine groups is 1. The SMILES string of the molecule is COc1cc2c(cc1OCc1cc(COc3cc4c(cc3OC)C(=O)N3c5ccccc5C[C@H]3C=N4)cc(N(C)CCCC(=O)C3(NN)CCC3)c1)N=CC1Cc3ccccc3N1C2=O. The van der Waals surface area contributed by atoms with Gasteiger partial charge in [0.15, 0.2) is 28.8 Å². The minimum Gasteiger partial charge on any atom is -0.493 e. The molecule has 4 aliphatic heterocycles. The molecule has 332 valence electrons. The van der Waals surface area contributed by atoms with Crippen molar-refractivity contribution in [3.63, 3.8) is 0 Å². The van der Waals surface area contributed by atoms with Crippen LogP contribution >= 0.6 is 0 Å². The number of ketones is 1. The Bertz CT molecular complexity index is 2620. The van der Waals surface area contributed by atoms with Crippen LogP contribution in [0, 0.1) is 0 Å². The summed E-state index contributed by atoms with van der Waals surface area (Å²) < 4.78 is 24.6. The van der Waals surface area contributed by atoms with Crippen molar-refractivity contribution < 1.29 is 33.3 Å². The van der Waals surface area contributed by atoms with E-state index in [9.17, 15) is 14.4 Å². The summed E-state index contributed by atoms with van der Waals surface area (Å²) in [5.41, 5.74) is 10.7. The highest BCUT2D eigenvalue weighted by molar-refractivity contribution is 6.16. The lowest BCUT2D eigenvalue weighted by Crippen LogP contribution is -2.59. The second kappa shape index (κ2) is 17.2. The number of aliphatic imine (C=N–C) groups is 2. The Labute approximate surface area is 377 Å². The minimum atomic E-state index is -0.602. The van der Waals surface area contributed by atoms with E-state index < -0.39 is 5.54 Å². The number of nitrogens with zero attached hydrogens (tertiary/aromatic N) is 5. The monoisotopic (exact) mass is 873 g/mol. The highest BCUT2D eigenvalue weighted by Crippen LogP contribution is 2.43. The zero-order chi connectivity index (χ0) is 44.8. The van der Waals surface area contributed by atoms with Crippen LogP contribution in [-0.2, 0) is 30.8 Å². The summed E-state index contributed by atoms with van der Waals surface area (Å²) in [6.07, 6.45) is 8.64. The van der Waals surface area contributed by atoms with Crippen molar-refractivity contribution in [2.45, 2.75) is 75.8 Å². The Kier molecular flexibility index (Phi) is 11.1. The van der Waals surface area contributed by atoms with Gasteiger partial charge in [-0.2, -0.15) is 0 Å². The first-order valence-electron chi connectivity index (χ1n) is 22.1. The number of carbonyl (C=O) groups is 3. The molecule has 0 aromatic heterocycles. The van der Waals surface area contributed by atoms with Crippen molar-refractivity contribution >= 4 is 58.5 Å². The molecule has 1 unspecified atom stereocenters. The predicted octanol–water partition coefficient (Wildman–Crippen LogP) is 7.61. The van der Waals surface area contributed by atoms with Gasteiger partial charge in [-0.05, 0) is 90.4 Å². The third-order valence-corrected chi connectivity index (χ3v) is 13.4. The fourth-order valence-electron chi connectivity index (χ4n) is 9.71. The molecule has 14 nitrogen and oxygen atoms in total. The number of nitrogens with two attached hydrogens (primary N) is 1. The molecular formula is C51H51N7O7. The average Bonchev–Trinajstić information content (AvgIpc) is 3.80. The molecule has 0 saturated heterocycles. The van der Waals surface area contributed by atoms with E-state index >= 15 is 0 Å². The van der Waals surface area contributed by atoms with Gasteiger partial charge in [0, 0.05) is 74.5 Å². The molecular weight excluding hydrogens is 823 g/mol. The number of anilines is 3. The van der Waals surface area contributed by atoms with Gasteiger partial charge >= 0.3 is 0 Å². The number of carbonyl (C=O) groups excluding carboxylic acids is 3. The van der Waals surface area contributed by atoms with E-state index in [1.54, 1.807) is 38.5 Å². The number of methoxy groups -OCH3 is 2. The second-order valence-corrected chi connectivity index (χ2v) is 17.4. The molecule has 5 aromatic carbocycles. The first-order valence-corrected chi connectivity index (χ1v) is 22.1. The van der Waals surface area contributed by atoms with Crippen LogP contribution in [0.25, 0.3) is 0 Å². The van der Waals surface area contributed by atoms with Crippen LogP contribution in [0.4, 0.5) is 28.4 Å². The summed E-state index contributed by atoms with van der Waals surface area (Å²) in [7, 11) is 5.11. The van der Waals surface area contributed by atoms with Crippen LogP contribution in [0.5, 0.6) is 23.0 Å². The van der Waals surface area contributed by atoms with Crippen molar-refractivity contribution in [3.05, 3.63) is 124 Å². The van der Waals surface area contributed by atoms with Gasteiger partial charge in [0.2, 0.25) is 0 Å². The molecule has 4 heterocycles. The smallest absolute Gasteiger partial charge is 0.261 e. The highest BCUT2D eigenvalue weighted by Gasteiger charge is 2.42. The molecule has 5 aliphatic rings. The van der Waals surface area contributed by atoms with E-state index in [-0.39, 0.29) is 42.9 Å². The Morgan fingerprint density at radius 2 is 1.25 bits per heavy atom. The Balaban J connectivity index is 0.906. The maximum Gasteiger partial charge on any atom is 0.261 e. The molecule has 1 aliphatic carbocycles. The molecule has 5 aromatic rings. The van der Waals surface area contributed by atoms with Gasteiger partial charge in [0.1, 0.15) is 13.2 Å². The van der Waals surface area contributed by atoms with Gasteiger partial charge < -0.3 is 23.8 Å². The highest BCUT2D eigenvalue weighted by atomic mass is 16.5. The number of hydrogen-bond acceptors (Lipinski definition) is 12. The Hall–Kier alpha value is -7.03. The van der Waals surface area contributed by atoms with E-state index in [1.165, 1.54) is 0 Å². The lowest BCUT2D eigenvalue weighted by Gasteiger charge is -2.39. The van der Waals surface area contributed by atoms with Gasteiger partial charge in [-0.1, -0.05) is 36.4 Å². The van der Waals surface area contributed by atoms with E-state index in [0.717, 1.165) is 58.6 Å². The molecule has 1 fully saturated rings. The van der Waals surface area contributed by atoms with Crippen molar-refractivity contribution in [1.82, 2.24) is 5.43 Å². The van der Waals surface area contributed by atoms with Gasteiger partial charge in [0.05, 0.1) is 54.3 Å². The third-order valence-electron chi connectivity index (χ3n) is 13.4. The molecule has 14 heteroatoms. The zero-order valence-electron chi connectivity index (χ0n) is 36.7. The zero-order valence-corrected chi connectivity index (χ0v) is 36.7. The first kappa shape index (κ1) is 42.0. The maximum atomic E-state index is 14.0. The lowest BCUT2D eigenvalue weighted by atomic mass is 9.73. The number of rotatable bonds is 15. The summed E-state index contributed by atoms with van der Waals surface area (Å²) in [5, 5.41) is 0. The maximum absolute atomic E-state index is 14.0. The van der Waals surface area contributed by atoms with E-state index in [0.29, 0.717) is 77.7 Å². The summed E-state index contributed by atoms with van der Waals surface area (Å²) in [4.78, 5) is 56.5. The fraction of sp³-hybridized carbons (Fsp3) is 0.314. The van der Waals surface area contributed by atoms with Crippen LogP contribution in [0.3, 0.4) is 0 Å². The molecule has 0 radical (unpaired) electrons. The number of nitrogens with one attached hydrogen (secondary N) is 1. The fourth-order valence-corrected chi connectivity index (χ4v) is 9.71. The molecule has 2 amide bonds. The Morgan fingerprint density at radius 1 is 0.738 bits per heavy atom. The molecule has 2 atom stereocenters. The largest absolute Gasteiger partial charge is 0.493 e. The van der Waals surface area contributed by atoms with Crippen LogP contribution < -0.4 is 44.9 Å². The molecule has 65 heavy (non-hydrogen) atoms. The van der Waals surface area contributed by atoms with Crippen LogP contribution in [0.1, 0.15) is 75.1 Å². The van der Waals surface area contributed by atoms with Gasteiger partial charge in [0.25, 0.3) is 11.8 Å². The third kappa shape index (κ3) is 7.65. The quantitative estimate of drug-likeness (QED) is 0.0792. The number of amides is 2. The second-order valence-electron chi connectivity index (χ2n) is 17.4. The van der Waals surface area contributed by atoms with Gasteiger partial charge in [-0.25, -0.2) is 5.43 Å². The van der Waals surface area contributed by atoms with Crippen LogP contribution in [-0.4, -0.2) is 75.5 Å². The van der Waals surface area contributed by atoms with E-state index in [2.05, 4.69) is 22.5 Å². The standard InChI is InChI=1S/C51H51N7O7/c1-56(17-8-14-48(59)51(55-52)15-9-16-51)35-19-31(29-64-46-25-40-38(23-44(46)62-2)49(60)57-36(27-53-40)21-33-10-4-6-12-42(33)57)18-32(20-35)30-65-47-26-41-39(24-45(47)63-3)50(61)58-37(28-54-41)22-34-11-5-7-13-43(34)58/h4-7,10-13,18-20,23-28,36-37,55H,8-9,14-17,21-22,29-30,52H2,1-3H3/t36-,37?/m0/s1. The van der Waals surface area contributed by atoms with Crippen molar-refractivity contribution in [2.24, 2.45) is 15.8 Å².